The number of hydrazone groups is 2. The predicted octanol–water partition coefficient (Wildman–Crippen LogP) is 19.3. The van der Waals surface area contributed by atoms with Crippen molar-refractivity contribution in [3.8, 4) is 0 Å². The Labute approximate surface area is 453 Å². The third-order valence-corrected chi connectivity index (χ3v) is 14.3. The van der Waals surface area contributed by atoms with Crippen LogP contribution in [0.4, 0.5) is 56.9 Å². The summed E-state index contributed by atoms with van der Waals surface area (Å²) in [7, 11) is 0. The van der Waals surface area contributed by atoms with Gasteiger partial charge in [0.1, 0.15) is 0 Å². The first kappa shape index (κ1) is 49.7. The molecule has 378 valence electrons. The minimum Gasteiger partial charge on any atom is -0.340 e. The summed E-state index contributed by atoms with van der Waals surface area (Å²) in [5, 5.41) is 16.4. The molecule has 7 nitrogen and oxygen atoms in total. The standard InChI is InChI=1S/C70H63N7/c1-3-5-24-54(4-2)53-73-69-47-45-65(74(57-25-12-6-13-26-57)59-41-37-55(38-42-59)51-71-76(61-29-16-8-17-30-61)62-31-18-9-19-32-62)49-67(69)68-50-66(46-48-70(68)73)75(58-27-14-7-15-28-58)60-43-39-56(40-44-60)52-72-77(63-33-20-10-21-34-63)64-35-22-11-23-36-64/h6-23,25-52,54H,3-5,24,53H2,1-2H3/b71-51+,72-52+. The van der Waals surface area contributed by atoms with E-state index in [-0.39, 0.29) is 0 Å². The zero-order chi connectivity index (χ0) is 52.2. The van der Waals surface area contributed by atoms with Crippen LogP contribution >= 0.6 is 0 Å². The average Bonchev–Trinajstić information content (AvgIpc) is 3.80. The van der Waals surface area contributed by atoms with E-state index in [2.05, 4.69) is 222 Å². The Balaban J connectivity index is 0.980. The van der Waals surface area contributed by atoms with E-state index in [1.807, 2.05) is 95.2 Å². The van der Waals surface area contributed by atoms with Gasteiger partial charge in [-0.05, 0) is 157 Å². The zero-order valence-corrected chi connectivity index (χ0v) is 43.8. The number of para-hydroxylation sites is 6. The molecule has 0 radical (unpaired) electrons. The van der Waals surface area contributed by atoms with E-state index in [1.165, 1.54) is 41.1 Å². The maximum absolute atomic E-state index is 5.01. The number of aromatic nitrogens is 1. The van der Waals surface area contributed by atoms with Crippen LogP contribution in [0, 0.1) is 5.92 Å². The molecule has 0 bridgehead atoms. The van der Waals surface area contributed by atoms with E-state index in [0.29, 0.717) is 5.92 Å². The van der Waals surface area contributed by atoms with E-state index in [4.69, 9.17) is 10.2 Å². The van der Waals surface area contributed by atoms with Crippen LogP contribution in [-0.2, 0) is 6.54 Å². The fourth-order valence-corrected chi connectivity index (χ4v) is 10.3. The highest BCUT2D eigenvalue weighted by molar-refractivity contribution is 6.11. The number of hydrogen-bond donors (Lipinski definition) is 0. The minimum atomic E-state index is 0.568. The summed E-state index contributed by atoms with van der Waals surface area (Å²) < 4.78 is 2.59. The molecule has 11 rings (SSSR count). The van der Waals surface area contributed by atoms with Gasteiger partial charge in [-0.1, -0.05) is 167 Å². The Morgan fingerprint density at radius 3 is 1.00 bits per heavy atom. The second-order valence-corrected chi connectivity index (χ2v) is 19.4. The number of unbranched alkanes of at least 4 members (excludes halogenated alkanes) is 1. The van der Waals surface area contributed by atoms with Crippen molar-refractivity contribution in [2.75, 3.05) is 19.8 Å². The van der Waals surface area contributed by atoms with Crippen LogP contribution in [0.2, 0.25) is 0 Å². The van der Waals surface area contributed by atoms with E-state index in [1.54, 1.807) is 0 Å². The summed E-state index contributed by atoms with van der Waals surface area (Å²) in [6.07, 6.45) is 8.65. The van der Waals surface area contributed by atoms with Crippen molar-refractivity contribution in [2.45, 2.75) is 46.1 Å². The lowest BCUT2D eigenvalue weighted by Crippen LogP contribution is -2.11. The molecule has 1 atom stereocenters. The second-order valence-electron chi connectivity index (χ2n) is 19.4. The molecule has 7 heteroatoms. The van der Waals surface area contributed by atoms with Crippen molar-refractivity contribution in [3.63, 3.8) is 0 Å². The average molecular weight is 1000 g/mol. The quantitative estimate of drug-likeness (QED) is 0.0564. The van der Waals surface area contributed by atoms with Gasteiger partial charge < -0.3 is 14.4 Å². The van der Waals surface area contributed by atoms with Gasteiger partial charge in [0.25, 0.3) is 0 Å². The molecule has 0 fully saturated rings. The van der Waals surface area contributed by atoms with Gasteiger partial charge in [-0.3, -0.25) is 0 Å². The van der Waals surface area contributed by atoms with Gasteiger partial charge in [-0.15, -0.1) is 0 Å². The topological polar surface area (TPSA) is 42.6 Å². The van der Waals surface area contributed by atoms with Gasteiger partial charge >= 0.3 is 0 Å². The first-order chi connectivity index (χ1) is 38.1. The van der Waals surface area contributed by atoms with Gasteiger partial charge in [0, 0.05) is 62.5 Å². The summed E-state index contributed by atoms with van der Waals surface area (Å²) in [5.41, 5.74) is 14.9. The monoisotopic (exact) mass is 1000 g/mol. The molecule has 0 N–H and O–H groups in total. The molecule has 0 aliphatic rings. The summed E-state index contributed by atoms with van der Waals surface area (Å²) in [6.45, 7) is 5.61. The van der Waals surface area contributed by atoms with Crippen LogP contribution in [-0.4, -0.2) is 17.0 Å². The number of anilines is 10. The van der Waals surface area contributed by atoms with E-state index < -0.39 is 0 Å². The third-order valence-electron chi connectivity index (χ3n) is 14.3. The van der Waals surface area contributed by atoms with Crippen molar-refractivity contribution in [1.29, 1.82) is 0 Å². The molecule has 1 aromatic heterocycles. The third kappa shape index (κ3) is 11.3. The SMILES string of the molecule is CCCCC(CC)Cn1c2ccc(N(c3ccccc3)c3ccc(/C=N/N(c4ccccc4)c4ccccc4)cc3)cc2c2cc(N(c3ccccc3)c3ccc(/C=N/N(c4ccccc4)c4ccccc4)cc3)ccc21. The molecule has 1 unspecified atom stereocenters. The maximum atomic E-state index is 5.01. The highest BCUT2D eigenvalue weighted by Crippen LogP contribution is 2.43. The molecule has 10 aromatic carbocycles. The first-order valence-electron chi connectivity index (χ1n) is 27.0. The van der Waals surface area contributed by atoms with Crippen LogP contribution in [0.15, 0.2) is 277 Å². The van der Waals surface area contributed by atoms with Crippen LogP contribution in [0.3, 0.4) is 0 Å². The highest BCUT2D eigenvalue weighted by Gasteiger charge is 2.21. The molecule has 0 spiro atoms. The lowest BCUT2D eigenvalue weighted by Gasteiger charge is -2.26. The Hall–Kier alpha value is -9.46. The van der Waals surface area contributed by atoms with E-state index in [0.717, 1.165) is 81.0 Å². The molecule has 11 aromatic rings. The number of hydrogen-bond acceptors (Lipinski definition) is 6. The largest absolute Gasteiger partial charge is 0.340 e. The Morgan fingerprint density at radius 2 is 0.675 bits per heavy atom. The number of rotatable bonds is 20. The predicted molar refractivity (Wildman–Crippen MR) is 327 cm³/mol. The highest BCUT2D eigenvalue weighted by atomic mass is 15.5. The summed E-state index contributed by atoms with van der Waals surface area (Å²) in [4.78, 5) is 4.73. The van der Waals surface area contributed by atoms with Crippen LogP contribution in [0.25, 0.3) is 21.8 Å². The van der Waals surface area contributed by atoms with Gasteiger partial charge in [0.15, 0.2) is 0 Å². The fraction of sp³-hybridized carbons (Fsp3) is 0.114. The Bertz CT molecular complexity index is 3360. The molecule has 0 saturated carbocycles. The summed E-state index contributed by atoms with van der Waals surface area (Å²) in [6, 6.07) is 94.0. The number of fused-ring (bicyclic) bond motifs is 3. The molecule has 0 saturated heterocycles. The molecule has 0 aliphatic heterocycles. The molecule has 1 heterocycles. The smallest absolute Gasteiger partial charge is 0.0652 e. The van der Waals surface area contributed by atoms with E-state index >= 15 is 0 Å². The second kappa shape index (κ2) is 23.8. The lowest BCUT2D eigenvalue weighted by atomic mass is 9.99. The number of benzene rings is 10. The summed E-state index contributed by atoms with van der Waals surface area (Å²) in [5.74, 6) is 0.568. The normalized spacial score (nSPS) is 11.9. The van der Waals surface area contributed by atoms with Crippen LogP contribution in [0.5, 0.6) is 0 Å². The van der Waals surface area contributed by atoms with Gasteiger partial charge in [-0.25, -0.2) is 10.0 Å². The van der Waals surface area contributed by atoms with Crippen LogP contribution < -0.4 is 19.8 Å². The zero-order valence-electron chi connectivity index (χ0n) is 43.8. The lowest BCUT2D eigenvalue weighted by molar-refractivity contribution is 0.401. The molecular weight excluding hydrogens is 939 g/mol. The molecule has 0 aliphatic carbocycles. The Morgan fingerprint density at radius 1 is 0.364 bits per heavy atom. The minimum absolute atomic E-state index is 0.568. The van der Waals surface area contributed by atoms with E-state index in [9.17, 15) is 0 Å². The van der Waals surface area contributed by atoms with Gasteiger partial charge in [0.2, 0.25) is 0 Å². The molecule has 0 amide bonds. The Kier molecular flexibility index (Phi) is 15.4. The van der Waals surface area contributed by atoms with Crippen molar-refractivity contribution < 1.29 is 0 Å². The van der Waals surface area contributed by atoms with Crippen LogP contribution in [0.1, 0.15) is 50.7 Å². The van der Waals surface area contributed by atoms with Crippen molar-refractivity contribution in [3.05, 3.63) is 278 Å². The van der Waals surface area contributed by atoms with Crippen molar-refractivity contribution in [2.24, 2.45) is 16.1 Å². The molecule has 77 heavy (non-hydrogen) atoms. The van der Waals surface area contributed by atoms with Gasteiger partial charge in [0.05, 0.1) is 35.2 Å². The summed E-state index contributed by atoms with van der Waals surface area (Å²) >= 11 is 0. The number of nitrogens with zero attached hydrogens (tertiary/aromatic N) is 7. The maximum Gasteiger partial charge on any atom is 0.0652 e. The molecular formula is C70H63N7. The van der Waals surface area contributed by atoms with Crippen molar-refractivity contribution in [1.82, 2.24) is 4.57 Å². The van der Waals surface area contributed by atoms with Gasteiger partial charge in [-0.2, -0.15) is 10.2 Å². The first-order valence-corrected chi connectivity index (χ1v) is 27.0. The fourth-order valence-electron chi connectivity index (χ4n) is 10.3. The van der Waals surface area contributed by atoms with Crippen molar-refractivity contribution >= 4 is 91.1 Å².